The van der Waals surface area contributed by atoms with Crippen molar-refractivity contribution in [2.45, 2.75) is 18.9 Å². The van der Waals surface area contributed by atoms with Gasteiger partial charge in [-0.05, 0) is 37.1 Å². The smallest absolute Gasteiger partial charge is 0.319 e. The molecule has 0 radical (unpaired) electrons. The average Bonchev–Trinajstić information content (AvgIpc) is 2.83. The Morgan fingerprint density at radius 1 is 1.41 bits per heavy atom. The maximum atomic E-state index is 12.6. The fraction of sp³-hybridized carbons (Fsp3) is 0.417. The third-order valence-electron chi connectivity index (χ3n) is 2.62. The number of hydrogen-bond donors (Lipinski definition) is 2. The van der Waals surface area contributed by atoms with Crippen molar-refractivity contribution in [2.24, 2.45) is 0 Å². The maximum Gasteiger partial charge on any atom is 0.319 e. The van der Waals surface area contributed by atoms with Crippen LogP contribution in [0.4, 0.5) is 14.9 Å². The summed E-state index contributed by atoms with van der Waals surface area (Å²) < 4.78 is 18.0. The van der Waals surface area contributed by atoms with Crippen LogP contribution in [0.1, 0.15) is 12.8 Å². The second-order valence-electron chi connectivity index (χ2n) is 3.98. The normalized spacial score (nSPS) is 19.0. The minimum atomic E-state index is -0.324. The molecule has 0 saturated carbocycles. The molecular weight excluding hydrogens is 223 g/mol. The monoisotopic (exact) mass is 238 g/mol. The van der Waals surface area contributed by atoms with Crippen molar-refractivity contribution in [3.8, 4) is 0 Å². The molecule has 1 fully saturated rings. The number of anilines is 1. The molecule has 1 aliphatic rings. The lowest BCUT2D eigenvalue weighted by Gasteiger charge is -2.11. The molecule has 17 heavy (non-hydrogen) atoms. The van der Waals surface area contributed by atoms with E-state index in [1.807, 2.05) is 0 Å². The average molecular weight is 238 g/mol. The Morgan fingerprint density at radius 2 is 2.18 bits per heavy atom. The minimum absolute atomic E-state index is 0.119. The SMILES string of the molecule is O=C(NC[C@@H]1CCCO1)Nc1ccc(F)cc1. The summed E-state index contributed by atoms with van der Waals surface area (Å²) >= 11 is 0. The molecule has 1 aromatic carbocycles. The van der Waals surface area contributed by atoms with Crippen LogP contribution in [0.15, 0.2) is 24.3 Å². The number of carbonyl (C=O) groups is 1. The third-order valence-corrected chi connectivity index (χ3v) is 2.62. The first-order chi connectivity index (χ1) is 8.24. The Bertz CT molecular complexity index is 375. The molecule has 0 aliphatic carbocycles. The predicted octanol–water partition coefficient (Wildman–Crippen LogP) is 2.13. The van der Waals surface area contributed by atoms with Crippen molar-refractivity contribution in [3.63, 3.8) is 0 Å². The molecule has 92 valence electrons. The molecule has 5 heteroatoms. The van der Waals surface area contributed by atoms with Gasteiger partial charge in [0.25, 0.3) is 0 Å². The van der Waals surface area contributed by atoms with Crippen molar-refractivity contribution in [2.75, 3.05) is 18.5 Å². The number of urea groups is 1. The number of ether oxygens (including phenoxy) is 1. The Labute approximate surface area is 99.2 Å². The highest BCUT2D eigenvalue weighted by atomic mass is 19.1. The van der Waals surface area contributed by atoms with Gasteiger partial charge in [-0.25, -0.2) is 9.18 Å². The van der Waals surface area contributed by atoms with Gasteiger partial charge in [0.15, 0.2) is 0 Å². The fourth-order valence-electron chi connectivity index (χ4n) is 1.72. The van der Waals surface area contributed by atoms with Crippen molar-refractivity contribution < 1.29 is 13.9 Å². The summed E-state index contributed by atoms with van der Waals surface area (Å²) in [5.41, 5.74) is 0.566. The first-order valence-electron chi connectivity index (χ1n) is 5.66. The van der Waals surface area contributed by atoms with E-state index in [1.165, 1.54) is 24.3 Å². The van der Waals surface area contributed by atoms with Crippen LogP contribution in [0.25, 0.3) is 0 Å². The van der Waals surface area contributed by atoms with Crippen LogP contribution in [-0.2, 0) is 4.74 Å². The summed E-state index contributed by atoms with van der Waals surface area (Å²) in [6.07, 6.45) is 2.15. The van der Waals surface area contributed by atoms with Crippen LogP contribution < -0.4 is 10.6 Å². The molecule has 1 aliphatic heterocycles. The van der Waals surface area contributed by atoms with Gasteiger partial charge in [-0.15, -0.1) is 0 Å². The topological polar surface area (TPSA) is 50.4 Å². The molecule has 2 N–H and O–H groups in total. The molecule has 1 heterocycles. The highest BCUT2D eigenvalue weighted by molar-refractivity contribution is 5.89. The Morgan fingerprint density at radius 3 is 2.82 bits per heavy atom. The van der Waals surface area contributed by atoms with Gasteiger partial charge in [0.05, 0.1) is 6.10 Å². The van der Waals surface area contributed by atoms with Gasteiger partial charge in [0.2, 0.25) is 0 Å². The lowest BCUT2D eigenvalue weighted by atomic mass is 10.2. The van der Waals surface area contributed by atoms with E-state index < -0.39 is 0 Å². The number of amides is 2. The molecule has 0 bridgehead atoms. The number of nitrogens with one attached hydrogen (secondary N) is 2. The quantitative estimate of drug-likeness (QED) is 0.847. The fourth-order valence-corrected chi connectivity index (χ4v) is 1.72. The van der Waals surface area contributed by atoms with Gasteiger partial charge in [-0.3, -0.25) is 0 Å². The van der Waals surface area contributed by atoms with Crippen LogP contribution in [-0.4, -0.2) is 25.3 Å². The molecule has 2 amide bonds. The zero-order chi connectivity index (χ0) is 12.1. The number of hydrogen-bond acceptors (Lipinski definition) is 2. The lowest BCUT2D eigenvalue weighted by Crippen LogP contribution is -2.34. The van der Waals surface area contributed by atoms with Crippen molar-refractivity contribution in [3.05, 3.63) is 30.1 Å². The standard InChI is InChI=1S/C12H15FN2O2/c13-9-3-5-10(6-4-9)15-12(16)14-8-11-2-1-7-17-11/h3-6,11H,1-2,7-8H2,(H2,14,15,16)/t11-/m0/s1. The number of rotatable bonds is 3. The molecule has 4 nitrogen and oxygen atoms in total. The summed E-state index contributed by atoms with van der Waals surface area (Å²) in [4.78, 5) is 11.5. The highest BCUT2D eigenvalue weighted by Crippen LogP contribution is 2.11. The van der Waals surface area contributed by atoms with Crippen LogP contribution in [0.5, 0.6) is 0 Å². The van der Waals surface area contributed by atoms with E-state index in [2.05, 4.69) is 10.6 Å². The van der Waals surface area contributed by atoms with Crippen LogP contribution in [0.2, 0.25) is 0 Å². The van der Waals surface area contributed by atoms with Crippen molar-refractivity contribution in [1.82, 2.24) is 5.32 Å². The number of benzene rings is 1. The van der Waals surface area contributed by atoms with Crippen LogP contribution in [0.3, 0.4) is 0 Å². The molecule has 0 unspecified atom stereocenters. The second kappa shape index (κ2) is 5.63. The zero-order valence-electron chi connectivity index (χ0n) is 9.41. The molecule has 0 aromatic heterocycles. The number of carbonyl (C=O) groups excluding carboxylic acids is 1. The number of halogens is 1. The third kappa shape index (κ3) is 3.71. The molecular formula is C12H15FN2O2. The first kappa shape index (κ1) is 11.9. The van der Waals surface area contributed by atoms with E-state index in [4.69, 9.17) is 4.74 Å². The van der Waals surface area contributed by atoms with Crippen molar-refractivity contribution in [1.29, 1.82) is 0 Å². The summed E-state index contributed by atoms with van der Waals surface area (Å²) in [7, 11) is 0. The van der Waals surface area contributed by atoms with E-state index in [0.29, 0.717) is 12.2 Å². The summed E-state index contributed by atoms with van der Waals surface area (Å²) in [6.45, 7) is 1.28. The molecule has 1 atom stereocenters. The lowest BCUT2D eigenvalue weighted by molar-refractivity contribution is 0.112. The maximum absolute atomic E-state index is 12.6. The van der Waals surface area contributed by atoms with E-state index in [0.717, 1.165) is 19.4 Å². The van der Waals surface area contributed by atoms with Crippen LogP contribution >= 0.6 is 0 Å². The Balaban J connectivity index is 1.74. The van der Waals surface area contributed by atoms with Gasteiger partial charge in [-0.2, -0.15) is 0 Å². The molecule has 2 rings (SSSR count). The summed E-state index contributed by atoms with van der Waals surface area (Å²) in [6, 6.07) is 5.33. The molecule has 1 saturated heterocycles. The van der Waals surface area contributed by atoms with Crippen molar-refractivity contribution >= 4 is 11.7 Å². The largest absolute Gasteiger partial charge is 0.376 e. The van der Waals surface area contributed by atoms with E-state index in [-0.39, 0.29) is 18.0 Å². The van der Waals surface area contributed by atoms with E-state index in [9.17, 15) is 9.18 Å². The summed E-state index contributed by atoms with van der Waals surface area (Å²) in [5, 5.41) is 5.34. The van der Waals surface area contributed by atoms with E-state index in [1.54, 1.807) is 0 Å². The predicted molar refractivity (Wildman–Crippen MR) is 62.4 cm³/mol. The highest BCUT2D eigenvalue weighted by Gasteiger charge is 2.15. The van der Waals surface area contributed by atoms with E-state index >= 15 is 0 Å². The Kier molecular flexibility index (Phi) is 3.93. The molecule has 1 aromatic rings. The van der Waals surface area contributed by atoms with Gasteiger partial charge >= 0.3 is 6.03 Å². The molecule has 0 spiro atoms. The van der Waals surface area contributed by atoms with Gasteiger partial charge in [0.1, 0.15) is 5.82 Å². The Hall–Kier alpha value is -1.62. The first-order valence-corrected chi connectivity index (χ1v) is 5.66. The summed E-state index contributed by atoms with van der Waals surface area (Å²) in [5.74, 6) is -0.324. The minimum Gasteiger partial charge on any atom is -0.376 e. The zero-order valence-corrected chi connectivity index (χ0v) is 9.41. The van der Waals surface area contributed by atoms with Crippen LogP contribution in [0, 0.1) is 5.82 Å². The second-order valence-corrected chi connectivity index (χ2v) is 3.98. The van der Waals surface area contributed by atoms with Gasteiger partial charge < -0.3 is 15.4 Å². The van der Waals surface area contributed by atoms with Gasteiger partial charge in [-0.1, -0.05) is 0 Å². The van der Waals surface area contributed by atoms with Gasteiger partial charge in [0, 0.05) is 18.8 Å².